The summed E-state index contributed by atoms with van der Waals surface area (Å²) in [4.78, 5) is 2.19. The molecule has 0 radical (unpaired) electrons. The van der Waals surface area contributed by atoms with Crippen LogP contribution in [-0.2, 0) is 0 Å². The molecule has 2 rings (SSSR count). The van der Waals surface area contributed by atoms with Gasteiger partial charge in [0.2, 0.25) is 0 Å². The van der Waals surface area contributed by atoms with Gasteiger partial charge in [-0.3, -0.25) is 0 Å². The second-order valence-corrected chi connectivity index (χ2v) is 6.20. The van der Waals surface area contributed by atoms with Gasteiger partial charge in [-0.05, 0) is 55.8 Å². The summed E-state index contributed by atoms with van der Waals surface area (Å²) in [6.45, 7) is 6.54. The lowest BCUT2D eigenvalue weighted by Crippen LogP contribution is -2.45. The molecule has 0 amide bonds. The van der Waals surface area contributed by atoms with E-state index in [9.17, 15) is 4.39 Å². The van der Waals surface area contributed by atoms with Crippen LogP contribution >= 0.6 is 0 Å². The minimum absolute atomic E-state index is 0.158. The third-order valence-corrected chi connectivity index (χ3v) is 4.47. The largest absolute Gasteiger partial charge is 0.374 e. The summed E-state index contributed by atoms with van der Waals surface area (Å²) in [5.74, 6) is 1.29. The van der Waals surface area contributed by atoms with E-state index in [-0.39, 0.29) is 5.82 Å². The molecule has 3 unspecified atom stereocenters. The van der Waals surface area contributed by atoms with E-state index in [2.05, 4.69) is 31.1 Å². The molecule has 0 saturated heterocycles. The maximum absolute atomic E-state index is 13.3. The van der Waals surface area contributed by atoms with Crippen LogP contribution in [0.2, 0.25) is 0 Å². The van der Waals surface area contributed by atoms with Gasteiger partial charge in [-0.25, -0.2) is 4.39 Å². The van der Waals surface area contributed by atoms with Crippen LogP contribution in [-0.4, -0.2) is 26.2 Å². The first-order valence-corrected chi connectivity index (χ1v) is 7.80. The van der Waals surface area contributed by atoms with Gasteiger partial charge < -0.3 is 10.2 Å². The Labute approximate surface area is 122 Å². The molecular weight excluding hydrogens is 251 g/mol. The standard InChI is InChI=1S/C17H27FN2/c1-4-19-17-9-8-13(2)10-14(17)12-20(3)16-7-5-6-15(18)11-16/h5-7,11,13-14,17,19H,4,8-10,12H2,1-3H3. The highest BCUT2D eigenvalue weighted by Gasteiger charge is 2.28. The maximum Gasteiger partial charge on any atom is 0.125 e. The lowest BCUT2D eigenvalue weighted by Gasteiger charge is -2.38. The topological polar surface area (TPSA) is 15.3 Å². The van der Waals surface area contributed by atoms with Crippen LogP contribution in [0.3, 0.4) is 0 Å². The monoisotopic (exact) mass is 278 g/mol. The van der Waals surface area contributed by atoms with Crippen molar-refractivity contribution in [1.82, 2.24) is 5.32 Å². The third-order valence-electron chi connectivity index (χ3n) is 4.47. The number of hydrogen-bond donors (Lipinski definition) is 1. The van der Waals surface area contributed by atoms with Crippen LogP contribution < -0.4 is 10.2 Å². The summed E-state index contributed by atoms with van der Waals surface area (Å²) in [6, 6.07) is 7.49. The zero-order chi connectivity index (χ0) is 14.5. The Morgan fingerprint density at radius 1 is 1.35 bits per heavy atom. The molecule has 1 aromatic rings. The van der Waals surface area contributed by atoms with Crippen LogP contribution in [0, 0.1) is 17.7 Å². The molecule has 3 atom stereocenters. The number of nitrogens with one attached hydrogen (secondary N) is 1. The summed E-state index contributed by atoms with van der Waals surface area (Å²) in [6.07, 6.45) is 3.84. The Bertz CT molecular complexity index is 421. The smallest absolute Gasteiger partial charge is 0.125 e. The van der Waals surface area contributed by atoms with Crippen molar-refractivity contribution in [3.63, 3.8) is 0 Å². The fourth-order valence-electron chi connectivity index (χ4n) is 3.40. The zero-order valence-corrected chi connectivity index (χ0v) is 12.9. The molecule has 0 aliphatic heterocycles. The van der Waals surface area contributed by atoms with E-state index in [1.54, 1.807) is 12.1 Å². The molecule has 1 fully saturated rings. The number of rotatable bonds is 5. The zero-order valence-electron chi connectivity index (χ0n) is 12.9. The molecule has 0 aromatic heterocycles. The van der Waals surface area contributed by atoms with E-state index >= 15 is 0 Å². The van der Waals surface area contributed by atoms with Crippen molar-refractivity contribution >= 4 is 5.69 Å². The molecule has 1 aliphatic rings. The van der Waals surface area contributed by atoms with Gasteiger partial charge in [0.05, 0.1) is 0 Å². The van der Waals surface area contributed by atoms with Crippen molar-refractivity contribution < 1.29 is 4.39 Å². The molecule has 2 nitrogen and oxygen atoms in total. The van der Waals surface area contributed by atoms with Gasteiger partial charge in [0.1, 0.15) is 5.82 Å². The Balaban J connectivity index is 2.01. The fraction of sp³-hybridized carbons (Fsp3) is 0.647. The average Bonchev–Trinajstić information content (AvgIpc) is 2.42. The molecular formula is C17H27FN2. The van der Waals surface area contributed by atoms with Crippen molar-refractivity contribution in [2.24, 2.45) is 11.8 Å². The molecule has 1 aromatic carbocycles. The molecule has 1 saturated carbocycles. The predicted octanol–water partition coefficient (Wildman–Crippen LogP) is 3.68. The number of benzene rings is 1. The van der Waals surface area contributed by atoms with Crippen molar-refractivity contribution in [1.29, 1.82) is 0 Å². The van der Waals surface area contributed by atoms with Gasteiger partial charge in [-0.2, -0.15) is 0 Å². The summed E-state index contributed by atoms with van der Waals surface area (Å²) in [5.41, 5.74) is 0.971. The summed E-state index contributed by atoms with van der Waals surface area (Å²) in [7, 11) is 2.07. The third kappa shape index (κ3) is 3.95. The molecule has 3 heteroatoms. The number of nitrogens with zero attached hydrogens (tertiary/aromatic N) is 1. The molecule has 0 bridgehead atoms. The van der Waals surface area contributed by atoms with Crippen LogP contribution in [0.15, 0.2) is 24.3 Å². The molecule has 112 valence electrons. The normalized spacial score (nSPS) is 26.5. The first kappa shape index (κ1) is 15.3. The highest BCUT2D eigenvalue weighted by atomic mass is 19.1. The Morgan fingerprint density at radius 2 is 2.15 bits per heavy atom. The summed E-state index contributed by atoms with van der Waals surface area (Å²) >= 11 is 0. The molecule has 0 heterocycles. The molecule has 1 N–H and O–H groups in total. The van der Waals surface area contributed by atoms with E-state index in [0.717, 1.165) is 24.7 Å². The second kappa shape index (κ2) is 7.07. The highest BCUT2D eigenvalue weighted by Crippen LogP contribution is 2.30. The Hall–Kier alpha value is -1.09. The van der Waals surface area contributed by atoms with Crippen molar-refractivity contribution in [2.45, 2.75) is 39.2 Å². The first-order valence-electron chi connectivity index (χ1n) is 7.80. The van der Waals surface area contributed by atoms with Crippen molar-refractivity contribution in [3.8, 4) is 0 Å². The van der Waals surface area contributed by atoms with Gasteiger partial charge in [-0.1, -0.05) is 19.9 Å². The van der Waals surface area contributed by atoms with Gasteiger partial charge in [0, 0.05) is 25.3 Å². The van der Waals surface area contributed by atoms with Gasteiger partial charge in [-0.15, -0.1) is 0 Å². The lowest BCUT2D eigenvalue weighted by molar-refractivity contribution is 0.219. The van der Waals surface area contributed by atoms with E-state index in [1.807, 2.05) is 6.07 Å². The lowest BCUT2D eigenvalue weighted by atomic mass is 9.78. The van der Waals surface area contributed by atoms with Crippen molar-refractivity contribution in [3.05, 3.63) is 30.1 Å². The Kier molecular flexibility index (Phi) is 5.41. The van der Waals surface area contributed by atoms with Gasteiger partial charge >= 0.3 is 0 Å². The van der Waals surface area contributed by atoms with Crippen LogP contribution in [0.4, 0.5) is 10.1 Å². The number of anilines is 1. The molecule has 1 aliphatic carbocycles. The minimum atomic E-state index is -0.158. The van der Waals surface area contributed by atoms with Gasteiger partial charge in [0.25, 0.3) is 0 Å². The van der Waals surface area contributed by atoms with Gasteiger partial charge in [0.15, 0.2) is 0 Å². The SMILES string of the molecule is CCNC1CCC(C)CC1CN(C)c1cccc(F)c1. The van der Waals surface area contributed by atoms with E-state index < -0.39 is 0 Å². The maximum atomic E-state index is 13.3. The van der Waals surface area contributed by atoms with E-state index in [4.69, 9.17) is 0 Å². The minimum Gasteiger partial charge on any atom is -0.374 e. The van der Waals surface area contributed by atoms with Crippen molar-refractivity contribution in [2.75, 3.05) is 25.0 Å². The van der Waals surface area contributed by atoms with E-state index in [0.29, 0.717) is 12.0 Å². The summed E-state index contributed by atoms with van der Waals surface area (Å²) in [5, 5.41) is 3.62. The highest BCUT2D eigenvalue weighted by molar-refractivity contribution is 5.45. The average molecular weight is 278 g/mol. The quantitative estimate of drug-likeness (QED) is 0.884. The van der Waals surface area contributed by atoms with Crippen LogP contribution in [0.5, 0.6) is 0 Å². The number of hydrogen-bond acceptors (Lipinski definition) is 2. The first-order chi connectivity index (χ1) is 9.60. The van der Waals surface area contributed by atoms with Crippen LogP contribution in [0.1, 0.15) is 33.1 Å². The molecule has 0 spiro atoms. The fourth-order valence-corrected chi connectivity index (χ4v) is 3.40. The van der Waals surface area contributed by atoms with E-state index in [1.165, 1.54) is 25.3 Å². The summed E-state index contributed by atoms with van der Waals surface area (Å²) < 4.78 is 13.3. The van der Waals surface area contributed by atoms with Crippen LogP contribution in [0.25, 0.3) is 0 Å². The predicted molar refractivity (Wildman–Crippen MR) is 83.6 cm³/mol. The number of halogens is 1. The second-order valence-electron chi connectivity index (χ2n) is 6.20. The molecule has 20 heavy (non-hydrogen) atoms. The Morgan fingerprint density at radius 3 is 2.85 bits per heavy atom.